The summed E-state index contributed by atoms with van der Waals surface area (Å²) in [6, 6.07) is 9.85. The lowest BCUT2D eigenvalue weighted by atomic mass is 10.3. The first-order valence-corrected chi connectivity index (χ1v) is 13.0. The summed E-state index contributed by atoms with van der Waals surface area (Å²) in [4.78, 5) is 12.5. The molecule has 182 valence electrons. The third kappa shape index (κ3) is 6.02. The molecule has 2 aromatic carbocycles. The first-order chi connectivity index (χ1) is 15.5. The lowest BCUT2D eigenvalue weighted by Crippen LogP contribution is -2.35. The normalized spacial score (nSPS) is 12.1. The summed E-state index contributed by atoms with van der Waals surface area (Å²) in [5.74, 6) is 0.0420. The number of nitrogens with zero attached hydrogens (tertiary/aromatic N) is 2. The van der Waals surface area contributed by atoms with Crippen molar-refractivity contribution in [2.24, 2.45) is 0 Å². The smallest absolute Gasteiger partial charge is 0.243 e. The van der Waals surface area contributed by atoms with E-state index in [2.05, 4.69) is 5.32 Å². The van der Waals surface area contributed by atoms with Crippen molar-refractivity contribution in [1.82, 2.24) is 8.61 Å². The highest BCUT2D eigenvalue weighted by molar-refractivity contribution is 7.89. The Morgan fingerprint density at radius 2 is 1.39 bits per heavy atom. The summed E-state index contributed by atoms with van der Waals surface area (Å²) >= 11 is 0. The highest BCUT2D eigenvalue weighted by atomic mass is 32.2. The monoisotopic (exact) mass is 499 g/mol. The number of hydrogen-bond acceptors (Lipinski definition) is 7. The molecule has 0 saturated carbocycles. The van der Waals surface area contributed by atoms with Gasteiger partial charge in [0.1, 0.15) is 0 Å². The Morgan fingerprint density at radius 1 is 0.848 bits per heavy atom. The quantitative estimate of drug-likeness (QED) is 0.502. The minimum atomic E-state index is -3.97. The Kier molecular flexibility index (Phi) is 8.83. The fourth-order valence-electron chi connectivity index (χ4n) is 3.07. The molecule has 0 aromatic heterocycles. The second-order valence-corrected chi connectivity index (χ2v) is 10.9. The molecule has 2 aromatic rings. The number of sulfonamides is 2. The van der Waals surface area contributed by atoms with Crippen molar-refractivity contribution in [2.45, 2.75) is 23.6 Å². The topological polar surface area (TPSA) is 122 Å². The molecule has 1 N–H and O–H groups in total. The van der Waals surface area contributed by atoms with Crippen molar-refractivity contribution < 1.29 is 31.1 Å². The van der Waals surface area contributed by atoms with Crippen molar-refractivity contribution in [1.29, 1.82) is 0 Å². The van der Waals surface area contributed by atoms with Crippen molar-refractivity contribution in [3.63, 3.8) is 0 Å². The first-order valence-electron chi connectivity index (χ1n) is 10.1. The van der Waals surface area contributed by atoms with Crippen LogP contribution in [0.5, 0.6) is 11.5 Å². The van der Waals surface area contributed by atoms with E-state index in [-0.39, 0.29) is 15.5 Å². The van der Waals surface area contributed by atoms with Crippen LogP contribution in [-0.4, -0.2) is 72.3 Å². The molecule has 0 fully saturated rings. The first kappa shape index (κ1) is 26.6. The summed E-state index contributed by atoms with van der Waals surface area (Å²) < 4.78 is 63.3. The molecule has 0 aliphatic heterocycles. The highest BCUT2D eigenvalue weighted by Gasteiger charge is 2.25. The molecule has 0 spiro atoms. The Hall–Kier alpha value is -2.67. The van der Waals surface area contributed by atoms with Gasteiger partial charge in [0.15, 0.2) is 11.5 Å². The van der Waals surface area contributed by atoms with Gasteiger partial charge in [-0.15, -0.1) is 0 Å². The number of methoxy groups -OCH3 is 2. The van der Waals surface area contributed by atoms with Gasteiger partial charge in [-0.2, -0.15) is 8.61 Å². The number of amides is 1. The molecular formula is C21H29N3O7S2. The van der Waals surface area contributed by atoms with Gasteiger partial charge < -0.3 is 14.8 Å². The second-order valence-electron chi connectivity index (χ2n) is 6.94. The van der Waals surface area contributed by atoms with Crippen LogP contribution in [0.4, 0.5) is 5.69 Å². The van der Waals surface area contributed by atoms with E-state index < -0.39 is 32.5 Å². The Labute approximate surface area is 195 Å². The summed E-state index contributed by atoms with van der Waals surface area (Å²) in [6.45, 7) is 3.75. The van der Waals surface area contributed by atoms with Gasteiger partial charge in [-0.1, -0.05) is 13.8 Å². The molecular weight excluding hydrogens is 470 g/mol. The Balaban J connectivity index is 2.11. The SMILES string of the molecule is CCN(CC)S(=O)(=O)c1ccc(NC(=O)CN(C)S(=O)(=O)c2ccc(OC)c(OC)c2)cc1. The van der Waals surface area contributed by atoms with E-state index in [1.54, 1.807) is 13.8 Å². The van der Waals surface area contributed by atoms with E-state index >= 15 is 0 Å². The van der Waals surface area contributed by atoms with Crippen LogP contribution in [0.2, 0.25) is 0 Å². The number of anilines is 1. The molecule has 1 amide bonds. The largest absolute Gasteiger partial charge is 0.493 e. The van der Waals surface area contributed by atoms with Gasteiger partial charge in [-0.3, -0.25) is 4.79 Å². The van der Waals surface area contributed by atoms with Crippen molar-refractivity contribution >= 4 is 31.6 Å². The third-order valence-corrected chi connectivity index (χ3v) is 8.77. The van der Waals surface area contributed by atoms with Crippen molar-refractivity contribution in [3.8, 4) is 11.5 Å². The lowest BCUT2D eigenvalue weighted by molar-refractivity contribution is -0.116. The molecule has 10 nitrogen and oxygen atoms in total. The Morgan fingerprint density at radius 3 is 1.91 bits per heavy atom. The molecule has 0 unspecified atom stereocenters. The van der Waals surface area contributed by atoms with Crippen LogP contribution in [0, 0.1) is 0 Å². The van der Waals surface area contributed by atoms with Crippen LogP contribution in [0.1, 0.15) is 13.8 Å². The number of nitrogens with one attached hydrogen (secondary N) is 1. The van der Waals surface area contributed by atoms with E-state index in [0.29, 0.717) is 24.5 Å². The highest BCUT2D eigenvalue weighted by Crippen LogP contribution is 2.30. The fourth-order valence-corrected chi connectivity index (χ4v) is 5.67. The van der Waals surface area contributed by atoms with Gasteiger partial charge in [0.05, 0.1) is 30.6 Å². The van der Waals surface area contributed by atoms with Gasteiger partial charge in [-0.05, 0) is 36.4 Å². The Bertz CT molecular complexity index is 1180. The molecule has 0 aliphatic carbocycles. The summed E-state index contributed by atoms with van der Waals surface area (Å²) in [5, 5.41) is 2.57. The maximum Gasteiger partial charge on any atom is 0.243 e. The average Bonchev–Trinajstić information content (AvgIpc) is 2.79. The van der Waals surface area contributed by atoms with E-state index in [9.17, 15) is 21.6 Å². The summed E-state index contributed by atoms with van der Waals surface area (Å²) in [6.07, 6.45) is 0. The van der Waals surface area contributed by atoms with Crippen LogP contribution >= 0.6 is 0 Å². The minimum Gasteiger partial charge on any atom is -0.493 e. The fraction of sp³-hybridized carbons (Fsp3) is 0.381. The zero-order chi connectivity index (χ0) is 24.8. The number of ether oxygens (including phenoxy) is 2. The maximum atomic E-state index is 12.8. The van der Waals surface area contributed by atoms with E-state index in [4.69, 9.17) is 9.47 Å². The van der Waals surface area contributed by atoms with Crippen LogP contribution < -0.4 is 14.8 Å². The molecule has 0 aliphatic rings. The molecule has 2 rings (SSSR count). The molecule has 33 heavy (non-hydrogen) atoms. The lowest BCUT2D eigenvalue weighted by Gasteiger charge is -2.19. The number of carbonyl (C=O) groups is 1. The van der Waals surface area contributed by atoms with Crippen molar-refractivity contribution in [2.75, 3.05) is 46.2 Å². The maximum absolute atomic E-state index is 12.8. The molecule has 0 radical (unpaired) electrons. The zero-order valence-electron chi connectivity index (χ0n) is 19.2. The summed E-state index contributed by atoms with van der Waals surface area (Å²) in [7, 11) is -3.47. The second kappa shape index (κ2) is 11.0. The van der Waals surface area contributed by atoms with E-state index in [0.717, 1.165) is 4.31 Å². The van der Waals surface area contributed by atoms with Gasteiger partial charge in [-0.25, -0.2) is 16.8 Å². The molecule has 0 bridgehead atoms. The van der Waals surface area contributed by atoms with Crippen molar-refractivity contribution in [3.05, 3.63) is 42.5 Å². The van der Waals surface area contributed by atoms with Crippen LogP contribution in [0.3, 0.4) is 0 Å². The predicted octanol–water partition coefficient (Wildman–Crippen LogP) is 1.99. The van der Waals surface area contributed by atoms with Gasteiger partial charge in [0.2, 0.25) is 26.0 Å². The predicted molar refractivity (Wildman–Crippen MR) is 125 cm³/mol. The minimum absolute atomic E-state index is 0.0542. The van der Waals surface area contributed by atoms with Gasteiger partial charge in [0.25, 0.3) is 0 Å². The van der Waals surface area contributed by atoms with Crippen LogP contribution in [0.15, 0.2) is 52.3 Å². The van der Waals surface area contributed by atoms with Crippen LogP contribution in [0.25, 0.3) is 0 Å². The van der Waals surface area contributed by atoms with Crippen LogP contribution in [-0.2, 0) is 24.8 Å². The number of rotatable bonds is 11. The van der Waals surface area contributed by atoms with E-state index in [1.165, 1.54) is 68.0 Å². The van der Waals surface area contributed by atoms with Gasteiger partial charge >= 0.3 is 0 Å². The zero-order valence-corrected chi connectivity index (χ0v) is 20.9. The molecule has 12 heteroatoms. The third-order valence-electron chi connectivity index (χ3n) is 4.91. The standard InChI is InChI=1S/C21H29N3O7S2/c1-6-24(7-2)33(28,29)17-10-8-16(9-11-17)22-21(25)15-23(3)32(26,27)18-12-13-19(30-4)20(14-18)31-5/h8-14H,6-7,15H2,1-5H3,(H,22,25). The number of hydrogen-bond donors (Lipinski definition) is 1. The average molecular weight is 500 g/mol. The molecule has 0 heterocycles. The molecule has 0 saturated heterocycles. The van der Waals surface area contributed by atoms with Gasteiger partial charge in [0, 0.05) is 31.9 Å². The summed E-state index contributed by atoms with van der Waals surface area (Å²) in [5.41, 5.74) is 0.343. The number of benzene rings is 2. The van der Waals surface area contributed by atoms with E-state index in [1.807, 2.05) is 0 Å². The number of likely N-dealkylation sites (N-methyl/N-ethyl adjacent to an activating group) is 1. The molecule has 0 atom stereocenters. The number of carbonyl (C=O) groups excluding carboxylic acids is 1.